The Bertz CT molecular complexity index is 592. The summed E-state index contributed by atoms with van der Waals surface area (Å²) in [6.45, 7) is 2.21. The first kappa shape index (κ1) is 12.1. The average Bonchev–Trinajstić information content (AvgIpc) is 2.85. The van der Waals surface area contributed by atoms with Crippen molar-refractivity contribution in [2.75, 3.05) is 0 Å². The smallest absolute Gasteiger partial charge is 0.256 e. The standard InChI is InChI=1S/C14H18N4O/c1-10-5-2-3-6-12(10)17-14(19)11-9-16-18-8-4-7-15-13(11)18/h4,7-10,12H,2-3,5-6H2,1H3,(H,17,19). The largest absolute Gasteiger partial charge is 0.349 e. The Kier molecular flexibility index (Phi) is 3.19. The van der Waals surface area contributed by atoms with Crippen LogP contribution in [0.3, 0.4) is 0 Å². The molecular weight excluding hydrogens is 240 g/mol. The number of hydrogen-bond acceptors (Lipinski definition) is 3. The van der Waals surface area contributed by atoms with Crippen LogP contribution in [0.25, 0.3) is 5.65 Å². The van der Waals surface area contributed by atoms with Crippen LogP contribution in [0.15, 0.2) is 24.7 Å². The van der Waals surface area contributed by atoms with E-state index in [4.69, 9.17) is 0 Å². The Morgan fingerprint density at radius 3 is 3.11 bits per heavy atom. The maximum atomic E-state index is 12.3. The summed E-state index contributed by atoms with van der Waals surface area (Å²) in [5.74, 6) is 0.486. The number of carbonyl (C=O) groups is 1. The third-order valence-electron chi connectivity index (χ3n) is 3.95. The van der Waals surface area contributed by atoms with E-state index in [-0.39, 0.29) is 11.9 Å². The SMILES string of the molecule is CC1CCCCC1NC(=O)c1cnn2cccnc12. The fourth-order valence-electron chi connectivity index (χ4n) is 2.76. The van der Waals surface area contributed by atoms with Gasteiger partial charge < -0.3 is 5.32 Å². The van der Waals surface area contributed by atoms with Crippen LogP contribution in [0.4, 0.5) is 0 Å². The van der Waals surface area contributed by atoms with Crippen LogP contribution in [0, 0.1) is 5.92 Å². The van der Waals surface area contributed by atoms with Gasteiger partial charge in [-0.25, -0.2) is 9.50 Å². The van der Waals surface area contributed by atoms with Crippen LogP contribution < -0.4 is 5.32 Å². The fraction of sp³-hybridized carbons (Fsp3) is 0.500. The van der Waals surface area contributed by atoms with Crippen molar-refractivity contribution >= 4 is 11.6 Å². The van der Waals surface area contributed by atoms with Crippen LogP contribution in [-0.2, 0) is 0 Å². The van der Waals surface area contributed by atoms with E-state index < -0.39 is 0 Å². The van der Waals surface area contributed by atoms with E-state index in [0.29, 0.717) is 17.1 Å². The first-order valence-corrected chi connectivity index (χ1v) is 6.85. The second-order valence-electron chi connectivity index (χ2n) is 5.29. The van der Waals surface area contributed by atoms with Gasteiger partial charge in [0, 0.05) is 18.4 Å². The van der Waals surface area contributed by atoms with Crippen LogP contribution in [-0.4, -0.2) is 26.5 Å². The summed E-state index contributed by atoms with van der Waals surface area (Å²) in [6.07, 6.45) is 9.79. The number of amides is 1. The molecule has 2 atom stereocenters. The molecule has 1 saturated carbocycles. The maximum Gasteiger partial charge on any atom is 0.256 e. The molecule has 2 aromatic rings. The Balaban J connectivity index is 1.80. The van der Waals surface area contributed by atoms with Gasteiger partial charge in [-0.15, -0.1) is 0 Å². The molecule has 19 heavy (non-hydrogen) atoms. The zero-order valence-corrected chi connectivity index (χ0v) is 11.0. The normalized spacial score (nSPS) is 23.4. The van der Waals surface area contributed by atoms with Crippen molar-refractivity contribution in [3.05, 3.63) is 30.2 Å². The average molecular weight is 258 g/mol. The van der Waals surface area contributed by atoms with Gasteiger partial charge in [-0.1, -0.05) is 19.8 Å². The second-order valence-corrected chi connectivity index (χ2v) is 5.29. The molecule has 2 aromatic heterocycles. The van der Waals surface area contributed by atoms with Crippen molar-refractivity contribution in [2.24, 2.45) is 5.92 Å². The zero-order valence-electron chi connectivity index (χ0n) is 11.0. The number of carbonyl (C=O) groups excluding carboxylic acids is 1. The summed E-state index contributed by atoms with van der Waals surface area (Å²) >= 11 is 0. The van der Waals surface area contributed by atoms with E-state index in [1.54, 1.807) is 29.2 Å². The summed E-state index contributed by atoms with van der Waals surface area (Å²) in [5.41, 5.74) is 1.17. The number of rotatable bonds is 2. The van der Waals surface area contributed by atoms with Gasteiger partial charge in [0.05, 0.1) is 6.20 Å². The third kappa shape index (κ3) is 2.32. The first-order valence-electron chi connectivity index (χ1n) is 6.85. The molecule has 0 bridgehead atoms. The summed E-state index contributed by atoms with van der Waals surface area (Å²) in [5, 5.41) is 7.28. The Morgan fingerprint density at radius 2 is 2.26 bits per heavy atom. The minimum Gasteiger partial charge on any atom is -0.349 e. The molecule has 0 aliphatic heterocycles. The molecule has 5 heteroatoms. The number of fused-ring (bicyclic) bond motifs is 1. The Hall–Kier alpha value is -1.91. The van der Waals surface area contributed by atoms with E-state index in [2.05, 4.69) is 22.3 Å². The van der Waals surface area contributed by atoms with Crippen LogP contribution in [0.5, 0.6) is 0 Å². The van der Waals surface area contributed by atoms with Crippen LogP contribution >= 0.6 is 0 Å². The molecule has 5 nitrogen and oxygen atoms in total. The van der Waals surface area contributed by atoms with E-state index >= 15 is 0 Å². The summed E-state index contributed by atoms with van der Waals surface area (Å²) in [4.78, 5) is 16.5. The predicted molar refractivity (Wildman–Crippen MR) is 71.9 cm³/mol. The highest BCUT2D eigenvalue weighted by molar-refractivity contribution is 5.99. The summed E-state index contributed by atoms with van der Waals surface area (Å²) < 4.78 is 1.62. The quantitative estimate of drug-likeness (QED) is 0.896. The molecule has 1 aliphatic rings. The monoisotopic (exact) mass is 258 g/mol. The summed E-state index contributed by atoms with van der Waals surface area (Å²) in [7, 11) is 0. The van der Waals surface area contributed by atoms with Gasteiger partial charge in [-0.3, -0.25) is 4.79 Å². The van der Waals surface area contributed by atoms with Crippen molar-refractivity contribution in [2.45, 2.75) is 38.6 Å². The zero-order chi connectivity index (χ0) is 13.2. The topological polar surface area (TPSA) is 59.3 Å². The van der Waals surface area contributed by atoms with E-state index in [1.165, 1.54) is 19.3 Å². The molecule has 0 radical (unpaired) electrons. The van der Waals surface area contributed by atoms with Gasteiger partial charge in [0.2, 0.25) is 0 Å². The molecule has 2 unspecified atom stereocenters. The van der Waals surface area contributed by atoms with Crippen molar-refractivity contribution in [3.63, 3.8) is 0 Å². The first-order chi connectivity index (χ1) is 9.25. The number of nitrogens with zero attached hydrogens (tertiary/aromatic N) is 3. The summed E-state index contributed by atoms with van der Waals surface area (Å²) in [6, 6.07) is 2.07. The minimum atomic E-state index is -0.0625. The number of aromatic nitrogens is 3. The lowest BCUT2D eigenvalue weighted by Gasteiger charge is -2.29. The van der Waals surface area contributed by atoms with Crippen molar-refractivity contribution in [1.29, 1.82) is 0 Å². The fourth-order valence-corrected chi connectivity index (χ4v) is 2.76. The molecule has 1 N–H and O–H groups in total. The molecule has 2 heterocycles. The molecule has 3 rings (SSSR count). The van der Waals surface area contributed by atoms with Crippen molar-refractivity contribution in [3.8, 4) is 0 Å². The molecule has 0 aromatic carbocycles. The van der Waals surface area contributed by atoms with Gasteiger partial charge in [-0.2, -0.15) is 5.10 Å². The van der Waals surface area contributed by atoms with Gasteiger partial charge in [0.15, 0.2) is 5.65 Å². The minimum absolute atomic E-state index is 0.0625. The molecule has 0 spiro atoms. The second kappa shape index (κ2) is 4.99. The predicted octanol–water partition coefficient (Wildman–Crippen LogP) is 2.04. The van der Waals surface area contributed by atoms with Crippen molar-refractivity contribution < 1.29 is 4.79 Å². The lowest BCUT2D eigenvalue weighted by atomic mass is 9.86. The molecule has 1 fully saturated rings. The Morgan fingerprint density at radius 1 is 1.42 bits per heavy atom. The molecular formula is C14H18N4O. The maximum absolute atomic E-state index is 12.3. The molecule has 0 saturated heterocycles. The van der Waals surface area contributed by atoms with Gasteiger partial charge in [0.25, 0.3) is 5.91 Å². The highest BCUT2D eigenvalue weighted by Gasteiger charge is 2.24. The van der Waals surface area contributed by atoms with Crippen LogP contribution in [0.1, 0.15) is 43.0 Å². The number of hydrogen-bond donors (Lipinski definition) is 1. The molecule has 1 amide bonds. The third-order valence-corrected chi connectivity index (χ3v) is 3.95. The van der Waals surface area contributed by atoms with E-state index in [1.807, 2.05) is 0 Å². The lowest BCUT2D eigenvalue weighted by molar-refractivity contribution is 0.0912. The number of nitrogens with one attached hydrogen (secondary N) is 1. The van der Waals surface area contributed by atoms with Gasteiger partial charge in [-0.05, 0) is 24.8 Å². The lowest BCUT2D eigenvalue weighted by Crippen LogP contribution is -2.41. The van der Waals surface area contributed by atoms with Gasteiger partial charge in [0.1, 0.15) is 5.56 Å². The molecule has 100 valence electrons. The van der Waals surface area contributed by atoms with Crippen LogP contribution in [0.2, 0.25) is 0 Å². The highest BCUT2D eigenvalue weighted by Crippen LogP contribution is 2.24. The van der Waals surface area contributed by atoms with Gasteiger partial charge >= 0.3 is 0 Å². The van der Waals surface area contributed by atoms with E-state index in [9.17, 15) is 4.79 Å². The highest BCUT2D eigenvalue weighted by atomic mass is 16.1. The van der Waals surface area contributed by atoms with E-state index in [0.717, 1.165) is 6.42 Å². The van der Waals surface area contributed by atoms with Crippen molar-refractivity contribution in [1.82, 2.24) is 19.9 Å². The molecule has 1 aliphatic carbocycles. The Labute approximate surface area is 112 Å².